The van der Waals surface area contributed by atoms with Crippen LogP contribution < -0.4 is 0 Å². The lowest BCUT2D eigenvalue weighted by atomic mass is 9.92. The van der Waals surface area contributed by atoms with Gasteiger partial charge in [-0.2, -0.15) is 13.2 Å². The molecule has 150 valence electrons. The predicted molar refractivity (Wildman–Crippen MR) is 105 cm³/mol. The van der Waals surface area contributed by atoms with Gasteiger partial charge in [0.2, 0.25) is 0 Å². The zero-order chi connectivity index (χ0) is 21.4. The molecule has 0 aliphatic rings. The van der Waals surface area contributed by atoms with Crippen LogP contribution in [0.3, 0.4) is 0 Å². The molecule has 0 aromatic heterocycles. The summed E-state index contributed by atoms with van der Waals surface area (Å²) in [5, 5.41) is 0. The smallest absolute Gasteiger partial charge is 0.295 e. The van der Waals surface area contributed by atoms with Crippen molar-refractivity contribution in [2.45, 2.75) is 18.0 Å². The zero-order valence-corrected chi connectivity index (χ0v) is 16.4. The second kappa shape index (κ2) is 7.48. The van der Waals surface area contributed by atoms with Crippen LogP contribution in [-0.4, -0.2) is 20.5 Å². The van der Waals surface area contributed by atoms with Crippen molar-refractivity contribution in [1.82, 2.24) is 0 Å². The van der Waals surface area contributed by atoms with Gasteiger partial charge in [-0.25, -0.2) is 8.42 Å². The lowest BCUT2D eigenvalue weighted by molar-refractivity contribution is -0.137. The topological polar surface area (TPSA) is 51.2 Å². The first-order valence-electron chi connectivity index (χ1n) is 8.60. The molecule has 0 saturated heterocycles. The van der Waals surface area contributed by atoms with E-state index in [0.717, 1.165) is 18.4 Å². The summed E-state index contributed by atoms with van der Waals surface area (Å²) in [6.07, 6.45) is -3.45. The fourth-order valence-electron chi connectivity index (χ4n) is 2.98. The van der Waals surface area contributed by atoms with Gasteiger partial charge < -0.3 is 0 Å². The third-order valence-electron chi connectivity index (χ3n) is 4.54. The third kappa shape index (κ3) is 4.56. The van der Waals surface area contributed by atoms with Crippen LogP contribution in [0.4, 0.5) is 13.2 Å². The van der Waals surface area contributed by atoms with Crippen LogP contribution in [0.15, 0.2) is 71.6 Å². The number of alkyl halides is 3. The van der Waals surface area contributed by atoms with Crippen LogP contribution in [0.5, 0.6) is 0 Å². The SMILES string of the molecule is CC(=O)c1ccc(-c2ccc(C(F)(F)F)cc2-c2ccc(S(C)(=O)=O)cc2)cc1. The Kier molecular flexibility index (Phi) is 5.36. The van der Waals surface area contributed by atoms with Gasteiger partial charge >= 0.3 is 6.18 Å². The van der Waals surface area contributed by atoms with Crippen LogP contribution in [0.2, 0.25) is 0 Å². The molecule has 0 amide bonds. The second-order valence-electron chi connectivity index (χ2n) is 6.69. The minimum atomic E-state index is -4.52. The summed E-state index contributed by atoms with van der Waals surface area (Å²) in [4.78, 5) is 11.6. The van der Waals surface area contributed by atoms with Crippen molar-refractivity contribution >= 4 is 15.6 Å². The summed E-state index contributed by atoms with van der Waals surface area (Å²) in [5.41, 5.74) is 1.65. The zero-order valence-electron chi connectivity index (χ0n) is 15.6. The van der Waals surface area contributed by atoms with Crippen molar-refractivity contribution in [2.24, 2.45) is 0 Å². The summed E-state index contributed by atoms with van der Waals surface area (Å²) < 4.78 is 63.1. The highest BCUT2D eigenvalue weighted by atomic mass is 32.2. The van der Waals surface area contributed by atoms with Gasteiger partial charge in [-0.15, -0.1) is 0 Å². The van der Waals surface area contributed by atoms with Gasteiger partial charge in [0.25, 0.3) is 0 Å². The molecule has 0 N–H and O–H groups in total. The number of Topliss-reactive ketones (excluding diaryl/α,β-unsaturated/α-hetero) is 1. The Morgan fingerprint density at radius 3 is 1.79 bits per heavy atom. The first kappa shape index (κ1) is 20.8. The van der Waals surface area contributed by atoms with Gasteiger partial charge in [-0.1, -0.05) is 42.5 Å². The van der Waals surface area contributed by atoms with Crippen LogP contribution in [0, 0.1) is 0 Å². The van der Waals surface area contributed by atoms with Gasteiger partial charge in [0.15, 0.2) is 15.6 Å². The highest BCUT2D eigenvalue weighted by molar-refractivity contribution is 7.90. The number of ketones is 1. The monoisotopic (exact) mass is 418 g/mol. The summed E-state index contributed by atoms with van der Waals surface area (Å²) >= 11 is 0. The highest BCUT2D eigenvalue weighted by Crippen LogP contribution is 2.38. The third-order valence-corrected chi connectivity index (χ3v) is 5.67. The van der Waals surface area contributed by atoms with E-state index in [1.54, 1.807) is 24.3 Å². The molecule has 0 aliphatic heterocycles. The summed E-state index contributed by atoms with van der Waals surface area (Å²) in [7, 11) is -3.42. The quantitative estimate of drug-likeness (QED) is 0.515. The first-order valence-corrected chi connectivity index (χ1v) is 10.5. The Balaban J connectivity index is 2.18. The molecule has 29 heavy (non-hydrogen) atoms. The summed E-state index contributed by atoms with van der Waals surface area (Å²) in [6, 6.07) is 15.7. The van der Waals surface area contributed by atoms with Gasteiger partial charge in [0, 0.05) is 11.8 Å². The van der Waals surface area contributed by atoms with E-state index in [4.69, 9.17) is 0 Å². The van der Waals surface area contributed by atoms with Crippen molar-refractivity contribution in [2.75, 3.05) is 6.26 Å². The van der Waals surface area contributed by atoms with Crippen LogP contribution >= 0.6 is 0 Å². The van der Waals surface area contributed by atoms with E-state index < -0.39 is 21.6 Å². The molecular formula is C22H17F3O3S. The Bertz CT molecular complexity index is 1160. The average molecular weight is 418 g/mol. The van der Waals surface area contributed by atoms with E-state index in [2.05, 4.69) is 0 Å². The molecule has 0 unspecified atom stereocenters. The number of sulfone groups is 1. The Morgan fingerprint density at radius 2 is 1.31 bits per heavy atom. The molecule has 3 aromatic carbocycles. The molecule has 0 radical (unpaired) electrons. The number of halogens is 3. The number of rotatable bonds is 4. The highest BCUT2D eigenvalue weighted by Gasteiger charge is 2.31. The number of hydrogen-bond acceptors (Lipinski definition) is 3. The fourth-order valence-corrected chi connectivity index (χ4v) is 3.61. The molecule has 0 fully saturated rings. The molecule has 0 heterocycles. The normalized spacial score (nSPS) is 12.0. The van der Waals surface area contributed by atoms with Crippen LogP contribution in [0.1, 0.15) is 22.8 Å². The molecule has 3 nitrogen and oxygen atoms in total. The minimum Gasteiger partial charge on any atom is -0.295 e. The number of hydrogen-bond donors (Lipinski definition) is 0. The lowest BCUT2D eigenvalue weighted by Crippen LogP contribution is -2.05. The maximum absolute atomic E-state index is 13.3. The first-order chi connectivity index (χ1) is 13.5. The molecule has 0 bridgehead atoms. The van der Waals surface area contributed by atoms with Gasteiger partial charge in [0.05, 0.1) is 10.5 Å². The average Bonchev–Trinajstić information content (AvgIpc) is 2.66. The lowest BCUT2D eigenvalue weighted by Gasteiger charge is -2.15. The van der Waals surface area contributed by atoms with Crippen molar-refractivity contribution in [3.8, 4) is 22.3 Å². The van der Waals surface area contributed by atoms with E-state index >= 15 is 0 Å². The van der Waals surface area contributed by atoms with Gasteiger partial charge in [-0.05, 0) is 53.4 Å². The molecule has 7 heteroatoms. The molecule has 0 spiro atoms. The predicted octanol–water partition coefficient (Wildman–Crippen LogP) is 5.65. The van der Waals surface area contributed by atoms with E-state index in [1.807, 2.05) is 0 Å². The number of benzene rings is 3. The fraction of sp³-hybridized carbons (Fsp3) is 0.136. The van der Waals surface area contributed by atoms with Crippen LogP contribution in [-0.2, 0) is 16.0 Å². The van der Waals surface area contributed by atoms with Crippen molar-refractivity contribution in [1.29, 1.82) is 0 Å². The Hall–Kier alpha value is -2.93. The largest absolute Gasteiger partial charge is 0.416 e. The standard InChI is InChI=1S/C22H17F3O3S/c1-14(26)15-3-5-16(6-4-15)20-12-9-18(22(23,24)25)13-21(20)17-7-10-19(11-8-17)29(2,27)28/h3-13H,1-2H3. The molecule has 0 aliphatic carbocycles. The minimum absolute atomic E-state index is 0.0839. The summed E-state index contributed by atoms with van der Waals surface area (Å²) in [5.74, 6) is -0.111. The van der Waals surface area contributed by atoms with Gasteiger partial charge in [0.1, 0.15) is 0 Å². The van der Waals surface area contributed by atoms with Crippen molar-refractivity contribution < 1.29 is 26.4 Å². The molecule has 0 atom stereocenters. The molecular weight excluding hydrogens is 401 g/mol. The maximum Gasteiger partial charge on any atom is 0.416 e. The molecule has 3 aromatic rings. The van der Waals surface area contributed by atoms with Gasteiger partial charge in [-0.3, -0.25) is 4.79 Å². The Morgan fingerprint density at radius 1 is 0.793 bits per heavy atom. The van der Waals surface area contributed by atoms with Crippen LogP contribution in [0.25, 0.3) is 22.3 Å². The number of carbonyl (C=O) groups is 1. The van der Waals surface area contributed by atoms with E-state index in [1.165, 1.54) is 37.3 Å². The van der Waals surface area contributed by atoms with E-state index in [0.29, 0.717) is 27.8 Å². The maximum atomic E-state index is 13.3. The molecule has 0 saturated carbocycles. The summed E-state index contributed by atoms with van der Waals surface area (Å²) in [6.45, 7) is 1.43. The van der Waals surface area contributed by atoms with Crippen molar-refractivity contribution in [3.63, 3.8) is 0 Å². The Labute approximate surface area is 166 Å². The molecule has 3 rings (SSSR count). The van der Waals surface area contributed by atoms with Crippen molar-refractivity contribution in [3.05, 3.63) is 77.9 Å². The number of carbonyl (C=O) groups excluding carboxylic acids is 1. The van der Waals surface area contributed by atoms with E-state index in [9.17, 15) is 26.4 Å². The van der Waals surface area contributed by atoms with E-state index in [-0.39, 0.29) is 10.7 Å². The second-order valence-corrected chi connectivity index (χ2v) is 8.70.